The minimum Gasteiger partial charge on any atom is -0.390 e. The normalized spacial score (nSPS) is 23.4. The van der Waals surface area contributed by atoms with Gasteiger partial charge < -0.3 is 14.4 Å². The summed E-state index contributed by atoms with van der Waals surface area (Å²) in [4.78, 5) is 4.25. The third-order valence-electron chi connectivity index (χ3n) is 4.59. The van der Waals surface area contributed by atoms with Crippen molar-refractivity contribution in [2.75, 3.05) is 13.2 Å². The lowest BCUT2D eigenvalue weighted by Gasteiger charge is -2.31. The van der Waals surface area contributed by atoms with Gasteiger partial charge in [0, 0.05) is 18.8 Å². The van der Waals surface area contributed by atoms with Crippen LogP contribution < -0.4 is 0 Å². The van der Waals surface area contributed by atoms with Crippen LogP contribution in [0.2, 0.25) is 0 Å². The molecule has 4 rings (SSSR count). The third-order valence-corrected chi connectivity index (χ3v) is 4.59. The first-order valence-corrected chi connectivity index (χ1v) is 7.23. The van der Waals surface area contributed by atoms with E-state index in [4.69, 9.17) is 4.74 Å². The molecule has 1 aromatic carbocycles. The highest BCUT2D eigenvalue weighted by Gasteiger charge is 2.37. The average molecular weight is 270 g/mol. The summed E-state index contributed by atoms with van der Waals surface area (Å²) in [5.74, 6) is 0.301. The Morgan fingerprint density at radius 2 is 2.05 bits per heavy atom. The largest absolute Gasteiger partial charge is 0.390 e. The summed E-state index contributed by atoms with van der Waals surface area (Å²) >= 11 is 0. The summed E-state index contributed by atoms with van der Waals surface area (Å²) in [6, 6.07) is 8.31. The minimum absolute atomic E-state index is 0.00759. The van der Waals surface area contributed by atoms with Gasteiger partial charge in [0.05, 0.1) is 30.4 Å². The van der Waals surface area contributed by atoms with Crippen LogP contribution in [0.5, 0.6) is 0 Å². The fraction of sp³-hybridized carbons (Fsp3) is 0.438. The Labute approximate surface area is 118 Å². The Hall–Kier alpha value is -1.65. The van der Waals surface area contributed by atoms with Crippen molar-refractivity contribution in [3.05, 3.63) is 42.4 Å². The van der Waals surface area contributed by atoms with Crippen molar-refractivity contribution < 1.29 is 9.84 Å². The molecular formula is C16H18N2O2. The number of fused-ring (bicyclic) bond motifs is 3. The van der Waals surface area contributed by atoms with Crippen LogP contribution in [0.25, 0.3) is 11.3 Å². The van der Waals surface area contributed by atoms with Gasteiger partial charge in [-0.05, 0) is 24.3 Å². The summed E-state index contributed by atoms with van der Waals surface area (Å²) in [7, 11) is 0. The number of hydrogen-bond acceptors (Lipinski definition) is 3. The van der Waals surface area contributed by atoms with E-state index in [1.54, 1.807) is 0 Å². The monoisotopic (exact) mass is 270 g/mol. The Morgan fingerprint density at radius 3 is 2.90 bits per heavy atom. The molecule has 1 fully saturated rings. The molecule has 2 aliphatic rings. The maximum absolute atomic E-state index is 10.9. The first-order valence-electron chi connectivity index (χ1n) is 7.23. The quantitative estimate of drug-likeness (QED) is 0.910. The first-order chi connectivity index (χ1) is 9.86. The zero-order chi connectivity index (χ0) is 13.5. The van der Waals surface area contributed by atoms with Gasteiger partial charge in [-0.1, -0.05) is 24.3 Å². The standard InChI is InChI=1S/C16H18N2O2/c19-16(11-5-7-20-8-6-11)15-13-4-2-1-3-12(13)14-9-17-10-18(14)15/h1-4,9-11,15-16,19H,5-8H2/t15-,16?/m0/s1. The molecule has 0 radical (unpaired) electrons. The smallest absolute Gasteiger partial charge is 0.0957 e. The molecule has 1 N–H and O–H groups in total. The topological polar surface area (TPSA) is 47.3 Å². The highest BCUT2D eigenvalue weighted by Crippen LogP contribution is 2.43. The highest BCUT2D eigenvalue weighted by atomic mass is 16.5. The molecule has 0 aliphatic carbocycles. The van der Waals surface area contributed by atoms with E-state index in [2.05, 4.69) is 21.7 Å². The molecule has 0 bridgehead atoms. The van der Waals surface area contributed by atoms with E-state index in [1.165, 1.54) is 11.1 Å². The van der Waals surface area contributed by atoms with Gasteiger partial charge >= 0.3 is 0 Å². The van der Waals surface area contributed by atoms with Gasteiger partial charge in [-0.3, -0.25) is 0 Å². The molecule has 1 aromatic heterocycles. The first kappa shape index (κ1) is 12.1. The van der Waals surface area contributed by atoms with E-state index in [0.717, 1.165) is 31.7 Å². The zero-order valence-corrected chi connectivity index (χ0v) is 11.3. The van der Waals surface area contributed by atoms with Crippen LogP contribution >= 0.6 is 0 Å². The molecule has 0 saturated carbocycles. The number of rotatable bonds is 2. The maximum Gasteiger partial charge on any atom is 0.0957 e. The molecule has 0 spiro atoms. The van der Waals surface area contributed by atoms with Crippen molar-refractivity contribution in [1.82, 2.24) is 9.55 Å². The molecule has 4 heteroatoms. The molecular weight excluding hydrogens is 252 g/mol. The summed E-state index contributed by atoms with van der Waals surface area (Å²) in [6.07, 6.45) is 5.21. The number of aliphatic hydroxyl groups is 1. The van der Waals surface area contributed by atoms with Gasteiger partial charge in [-0.2, -0.15) is 0 Å². The van der Waals surface area contributed by atoms with Gasteiger partial charge in [-0.25, -0.2) is 4.98 Å². The zero-order valence-electron chi connectivity index (χ0n) is 11.3. The summed E-state index contributed by atoms with van der Waals surface area (Å²) < 4.78 is 7.52. The lowest BCUT2D eigenvalue weighted by molar-refractivity contribution is -0.00620. The van der Waals surface area contributed by atoms with Gasteiger partial charge in [0.2, 0.25) is 0 Å². The molecule has 1 saturated heterocycles. The van der Waals surface area contributed by atoms with Crippen LogP contribution in [0.15, 0.2) is 36.8 Å². The number of hydrogen-bond donors (Lipinski definition) is 1. The third kappa shape index (κ3) is 1.72. The van der Waals surface area contributed by atoms with Gasteiger partial charge in [0.15, 0.2) is 0 Å². The SMILES string of the molecule is OC(C1CCOCC1)[C@@H]1c2ccccc2-c2cncn21. The van der Waals surface area contributed by atoms with Gasteiger partial charge in [-0.15, -0.1) is 0 Å². The summed E-state index contributed by atoms with van der Waals surface area (Å²) in [6.45, 7) is 1.51. The molecule has 0 amide bonds. The van der Waals surface area contributed by atoms with E-state index in [-0.39, 0.29) is 12.1 Å². The van der Waals surface area contributed by atoms with Crippen molar-refractivity contribution in [1.29, 1.82) is 0 Å². The summed E-state index contributed by atoms with van der Waals surface area (Å²) in [5.41, 5.74) is 3.52. The highest BCUT2D eigenvalue weighted by molar-refractivity contribution is 5.69. The average Bonchev–Trinajstić information content (AvgIpc) is 3.08. The fourth-order valence-corrected chi connectivity index (χ4v) is 3.54. The molecule has 104 valence electrons. The second-order valence-electron chi connectivity index (χ2n) is 5.66. The van der Waals surface area contributed by atoms with Crippen LogP contribution in [-0.2, 0) is 4.74 Å². The van der Waals surface area contributed by atoms with E-state index >= 15 is 0 Å². The molecule has 2 atom stereocenters. The minimum atomic E-state index is -0.379. The molecule has 2 aromatic rings. The van der Waals surface area contributed by atoms with Crippen molar-refractivity contribution in [3.63, 3.8) is 0 Å². The lowest BCUT2D eigenvalue weighted by atomic mass is 9.86. The molecule has 2 aliphatic heterocycles. The van der Waals surface area contributed by atoms with Crippen LogP contribution in [0.4, 0.5) is 0 Å². The van der Waals surface area contributed by atoms with E-state index in [9.17, 15) is 5.11 Å². The predicted molar refractivity (Wildman–Crippen MR) is 75.4 cm³/mol. The van der Waals surface area contributed by atoms with Crippen molar-refractivity contribution in [2.24, 2.45) is 5.92 Å². The maximum atomic E-state index is 10.9. The Kier molecular flexibility index (Phi) is 2.86. The fourth-order valence-electron chi connectivity index (χ4n) is 3.54. The van der Waals surface area contributed by atoms with Crippen LogP contribution in [-0.4, -0.2) is 34.0 Å². The number of aliphatic hydroxyl groups excluding tert-OH is 1. The van der Waals surface area contributed by atoms with E-state index in [1.807, 2.05) is 24.7 Å². The van der Waals surface area contributed by atoms with Crippen molar-refractivity contribution in [3.8, 4) is 11.3 Å². The number of aromatic nitrogens is 2. The Balaban J connectivity index is 1.74. The number of imidazole rings is 1. The molecule has 4 nitrogen and oxygen atoms in total. The Bertz CT molecular complexity index is 616. The van der Waals surface area contributed by atoms with Crippen molar-refractivity contribution in [2.45, 2.75) is 25.0 Å². The number of nitrogens with zero attached hydrogens (tertiary/aromatic N) is 2. The van der Waals surface area contributed by atoms with Crippen LogP contribution in [0.1, 0.15) is 24.4 Å². The van der Waals surface area contributed by atoms with Crippen LogP contribution in [0.3, 0.4) is 0 Å². The van der Waals surface area contributed by atoms with Gasteiger partial charge in [0.25, 0.3) is 0 Å². The Morgan fingerprint density at radius 1 is 1.25 bits per heavy atom. The molecule has 3 heterocycles. The second kappa shape index (κ2) is 4.72. The lowest BCUT2D eigenvalue weighted by Crippen LogP contribution is -2.34. The number of ether oxygens (including phenoxy) is 1. The van der Waals surface area contributed by atoms with Crippen LogP contribution in [0, 0.1) is 5.92 Å². The molecule has 20 heavy (non-hydrogen) atoms. The second-order valence-corrected chi connectivity index (χ2v) is 5.66. The van der Waals surface area contributed by atoms with Gasteiger partial charge in [0.1, 0.15) is 0 Å². The number of benzene rings is 1. The summed E-state index contributed by atoms with van der Waals surface area (Å²) in [5, 5.41) is 10.9. The molecule has 1 unspecified atom stereocenters. The van der Waals surface area contributed by atoms with E-state index < -0.39 is 0 Å². The predicted octanol–water partition coefficient (Wildman–Crippen LogP) is 2.24. The van der Waals surface area contributed by atoms with Crippen molar-refractivity contribution >= 4 is 0 Å². The van der Waals surface area contributed by atoms with E-state index in [0.29, 0.717) is 5.92 Å².